The number of benzene rings is 5. The molecule has 0 bridgehead atoms. The van der Waals surface area contributed by atoms with Gasteiger partial charge in [-0.05, 0) is 68.6 Å². The Kier molecular flexibility index (Phi) is 4.22. The maximum atomic E-state index is 2.51. The Bertz CT molecular complexity index is 1680. The van der Waals surface area contributed by atoms with Crippen molar-refractivity contribution < 1.29 is 0 Å². The zero-order valence-corrected chi connectivity index (χ0v) is 22.4. The van der Waals surface area contributed by atoms with Gasteiger partial charge in [0.2, 0.25) is 6.71 Å². The molecule has 0 spiro atoms. The van der Waals surface area contributed by atoms with Crippen molar-refractivity contribution in [3.63, 3.8) is 0 Å². The van der Waals surface area contributed by atoms with Gasteiger partial charge in [-0.2, -0.15) is 0 Å². The molecule has 5 aromatic rings. The van der Waals surface area contributed by atoms with Crippen molar-refractivity contribution in [2.24, 2.45) is 0 Å². The zero-order chi connectivity index (χ0) is 25.8. The molecule has 0 saturated heterocycles. The molecule has 0 aromatic heterocycles. The van der Waals surface area contributed by atoms with E-state index in [1.54, 1.807) is 0 Å². The van der Waals surface area contributed by atoms with Crippen molar-refractivity contribution in [3.8, 4) is 11.1 Å². The Morgan fingerprint density at radius 3 is 1.50 bits per heavy atom. The SMILES string of the molecule is CC1(C)c2cccc3c2B2c4c(cccc4C(C)(C)c4cc(-c5ccccc5)cc1c42)N3c1ccccc1. The highest BCUT2D eigenvalue weighted by Crippen LogP contribution is 2.48. The van der Waals surface area contributed by atoms with Crippen molar-refractivity contribution >= 4 is 40.2 Å². The maximum Gasteiger partial charge on any atom is 0.248 e. The first-order valence-electron chi connectivity index (χ1n) is 13.8. The van der Waals surface area contributed by atoms with Crippen molar-refractivity contribution in [3.05, 3.63) is 131 Å². The van der Waals surface area contributed by atoms with Crippen LogP contribution >= 0.6 is 0 Å². The van der Waals surface area contributed by atoms with E-state index in [1.165, 1.54) is 66.8 Å². The molecule has 2 heteroatoms. The standard InChI is InChI=1S/C36H30BN/c1-35(2)26-17-11-19-30-33(26)37-32-28(35)21-24(23-13-7-5-8-14-23)22-29(32)36(3,4)27-18-12-20-31(34(27)37)38(30)25-15-9-6-10-16-25/h5-22H,1-4H3. The van der Waals surface area contributed by atoms with Crippen molar-refractivity contribution in [1.82, 2.24) is 0 Å². The van der Waals surface area contributed by atoms with Crippen molar-refractivity contribution in [1.29, 1.82) is 0 Å². The highest BCUT2D eigenvalue weighted by atomic mass is 15.2. The Hall–Kier alpha value is -4.04. The van der Waals surface area contributed by atoms with Gasteiger partial charge in [0.1, 0.15) is 0 Å². The topological polar surface area (TPSA) is 3.24 Å². The van der Waals surface area contributed by atoms with E-state index in [0.717, 1.165) is 0 Å². The lowest BCUT2D eigenvalue weighted by molar-refractivity contribution is 0.621. The highest BCUT2D eigenvalue weighted by Gasteiger charge is 2.52. The average molecular weight is 487 g/mol. The number of hydrogen-bond donors (Lipinski definition) is 0. The van der Waals surface area contributed by atoms with Gasteiger partial charge >= 0.3 is 0 Å². The molecule has 0 atom stereocenters. The molecule has 3 aliphatic heterocycles. The van der Waals surface area contributed by atoms with Crippen LogP contribution in [0.1, 0.15) is 49.9 Å². The van der Waals surface area contributed by atoms with Crippen LogP contribution in [-0.4, -0.2) is 6.71 Å². The van der Waals surface area contributed by atoms with E-state index in [4.69, 9.17) is 0 Å². The molecule has 38 heavy (non-hydrogen) atoms. The summed E-state index contributed by atoms with van der Waals surface area (Å²) in [5.74, 6) is 0. The molecule has 3 heterocycles. The number of hydrogen-bond acceptors (Lipinski definition) is 1. The monoisotopic (exact) mass is 487 g/mol. The van der Waals surface area contributed by atoms with Crippen LogP contribution in [0.25, 0.3) is 11.1 Å². The third-order valence-electron chi connectivity index (χ3n) is 9.51. The molecule has 5 aromatic carbocycles. The van der Waals surface area contributed by atoms with Crippen molar-refractivity contribution in [2.45, 2.75) is 38.5 Å². The molecular formula is C36H30BN. The molecule has 1 nitrogen and oxygen atoms in total. The average Bonchev–Trinajstić information content (AvgIpc) is 2.94. The summed E-state index contributed by atoms with van der Waals surface area (Å²) in [6.07, 6.45) is 0. The van der Waals surface area contributed by atoms with E-state index < -0.39 is 0 Å². The zero-order valence-electron chi connectivity index (χ0n) is 22.4. The van der Waals surface area contributed by atoms with Crippen LogP contribution in [0.15, 0.2) is 109 Å². The summed E-state index contributed by atoms with van der Waals surface area (Å²) < 4.78 is 0. The fourth-order valence-corrected chi connectivity index (χ4v) is 7.70. The van der Waals surface area contributed by atoms with Gasteiger partial charge < -0.3 is 4.90 Å². The van der Waals surface area contributed by atoms with Gasteiger partial charge in [0.15, 0.2) is 0 Å². The Morgan fingerprint density at radius 2 is 0.974 bits per heavy atom. The summed E-state index contributed by atoms with van der Waals surface area (Å²) in [5, 5.41) is 0. The minimum absolute atomic E-state index is 0.112. The number of para-hydroxylation sites is 1. The minimum Gasteiger partial charge on any atom is -0.312 e. The van der Waals surface area contributed by atoms with Gasteiger partial charge in [-0.3, -0.25) is 0 Å². The van der Waals surface area contributed by atoms with Crippen molar-refractivity contribution in [2.75, 3.05) is 4.90 Å². The Labute approximate surface area is 225 Å². The summed E-state index contributed by atoms with van der Waals surface area (Å²) in [6.45, 7) is 9.97. The molecule has 0 N–H and O–H groups in total. The van der Waals surface area contributed by atoms with Crippen LogP contribution < -0.4 is 21.3 Å². The predicted octanol–water partition coefficient (Wildman–Crippen LogP) is 6.93. The van der Waals surface area contributed by atoms with E-state index in [-0.39, 0.29) is 17.5 Å². The summed E-state index contributed by atoms with van der Waals surface area (Å²) in [7, 11) is 0. The molecule has 0 radical (unpaired) electrons. The lowest BCUT2D eigenvalue weighted by atomic mass is 9.26. The maximum absolute atomic E-state index is 2.51. The quantitative estimate of drug-likeness (QED) is 0.240. The fourth-order valence-electron chi connectivity index (χ4n) is 7.70. The van der Waals surface area contributed by atoms with Crippen LogP contribution in [0.2, 0.25) is 0 Å². The van der Waals surface area contributed by atoms with Gasteiger partial charge in [0, 0.05) is 27.9 Å². The van der Waals surface area contributed by atoms with Crippen LogP contribution in [0.4, 0.5) is 17.1 Å². The third-order valence-corrected chi connectivity index (χ3v) is 9.51. The normalized spacial score (nSPS) is 16.7. The molecule has 0 aliphatic carbocycles. The first-order valence-corrected chi connectivity index (χ1v) is 13.8. The van der Waals surface area contributed by atoms with Gasteiger partial charge in [0.05, 0.1) is 0 Å². The smallest absolute Gasteiger partial charge is 0.248 e. The lowest BCUT2D eigenvalue weighted by Gasteiger charge is -2.51. The third kappa shape index (κ3) is 2.63. The lowest BCUT2D eigenvalue weighted by Crippen LogP contribution is -2.69. The molecule has 3 aliphatic rings. The van der Waals surface area contributed by atoms with E-state index in [0.29, 0.717) is 0 Å². The molecule has 0 unspecified atom stereocenters. The van der Waals surface area contributed by atoms with Gasteiger partial charge in [-0.1, -0.05) is 118 Å². The second-order valence-corrected chi connectivity index (χ2v) is 12.2. The molecule has 182 valence electrons. The number of nitrogens with zero attached hydrogens (tertiary/aromatic N) is 1. The Balaban J connectivity index is 1.53. The molecule has 8 rings (SSSR count). The van der Waals surface area contributed by atoms with E-state index in [1.807, 2.05) is 0 Å². The summed E-state index contributed by atoms with van der Waals surface area (Å²) in [5.41, 5.74) is 16.6. The molecule has 0 saturated carbocycles. The van der Waals surface area contributed by atoms with Gasteiger partial charge in [0.25, 0.3) is 0 Å². The largest absolute Gasteiger partial charge is 0.312 e. The fraction of sp³-hybridized carbons (Fsp3) is 0.167. The second kappa shape index (κ2) is 7.29. The predicted molar refractivity (Wildman–Crippen MR) is 162 cm³/mol. The van der Waals surface area contributed by atoms with Crippen LogP contribution in [0.3, 0.4) is 0 Å². The van der Waals surface area contributed by atoms with Gasteiger partial charge in [-0.15, -0.1) is 0 Å². The minimum atomic E-state index is -0.112. The van der Waals surface area contributed by atoms with E-state index in [2.05, 4.69) is 142 Å². The van der Waals surface area contributed by atoms with E-state index >= 15 is 0 Å². The first kappa shape index (κ1) is 22.0. The van der Waals surface area contributed by atoms with Crippen LogP contribution in [0.5, 0.6) is 0 Å². The molecule has 0 fully saturated rings. The Morgan fingerprint density at radius 1 is 0.474 bits per heavy atom. The summed E-state index contributed by atoms with van der Waals surface area (Å²) in [6, 6.07) is 40.8. The van der Waals surface area contributed by atoms with Gasteiger partial charge in [-0.25, -0.2) is 0 Å². The highest BCUT2D eigenvalue weighted by molar-refractivity contribution is 7.00. The van der Waals surface area contributed by atoms with E-state index in [9.17, 15) is 0 Å². The number of anilines is 3. The second-order valence-electron chi connectivity index (χ2n) is 12.2. The first-order chi connectivity index (χ1) is 18.4. The summed E-state index contributed by atoms with van der Waals surface area (Å²) >= 11 is 0. The van der Waals surface area contributed by atoms with Crippen LogP contribution in [0, 0.1) is 0 Å². The summed E-state index contributed by atoms with van der Waals surface area (Å²) in [4.78, 5) is 2.51. The molecule has 0 amide bonds. The molecular weight excluding hydrogens is 457 g/mol. The number of rotatable bonds is 2. The van der Waals surface area contributed by atoms with Crippen LogP contribution in [-0.2, 0) is 10.8 Å².